The van der Waals surface area contributed by atoms with Crippen molar-refractivity contribution >= 4 is 28.9 Å². The van der Waals surface area contributed by atoms with Crippen molar-refractivity contribution in [1.82, 2.24) is 10.3 Å². The number of nitrogens with zero attached hydrogens (tertiary/aromatic N) is 1. The molecule has 0 atom stereocenters. The second-order valence-electron chi connectivity index (χ2n) is 5.37. The molecule has 0 saturated heterocycles. The second-order valence-corrected chi connectivity index (χ2v) is 5.78. The quantitative estimate of drug-likeness (QED) is 0.706. The van der Waals surface area contributed by atoms with E-state index in [-0.39, 0.29) is 11.7 Å². The van der Waals surface area contributed by atoms with Crippen LogP contribution in [0.4, 0.5) is 15.8 Å². The van der Waals surface area contributed by atoms with Crippen LogP contribution in [0.3, 0.4) is 0 Å². The minimum absolute atomic E-state index is 0.268. The third-order valence-corrected chi connectivity index (χ3v) is 3.88. The molecular formula is C19H15ClFN3O. The molecule has 0 aliphatic heterocycles. The highest BCUT2D eigenvalue weighted by molar-refractivity contribution is 6.31. The molecule has 0 radical (unpaired) electrons. The number of halogens is 2. The van der Waals surface area contributed by atoms with Crippen LogP contribution in [-0.4, -0.2) is 10.9 Å². The van der Waals surface area contributed by atoms with E-state index in [1.807, 2.05) is 18.2 Å². The summed E-state index contributed by atoms with van der Waals surface area (Å²) in [5, 5.41) is 6.42. The number of anilines is 2. The van der Waals surface area contributed by atoms with Crippen LogP contribution in [0.5, 0.6) is 0 Å². The predicted octanol–water partition coefficient (Wildman–Crippen LogP) is 4.55. The van der Waals surface area contributed by atoms with E-state index < -0.39 is 0 Å². The van der Waals surface area contributed by atoms with Crippen molar-refractivity contribution in [1.29, 1.82) is 0 Å². The van der Waals surface area contributed by atoms with Gasteiger partial charge < -0.3 is 10.6 Å². The molecule has 1 amide bonds. The first-order valence-corrected chi connectivity index (χ1v) is 7.99. The highest BCUT2D eigenvalue weighted by Crippen LogP contribution is 2.18. The average Bonchev–Trinajstić information content (AvgIpc) is 2.61. The molecule has 0 spiro atoms. The van der Waals surface area contributed by atoms with Crippen LogP contribution in [0, 0.1) is 5.82 Å². The smallest absolute Gasteiger partial charge is 0.253 e. The molecule has 3 rings (SSSR count). The number of rotatable bonds is 5. The highest BCUT2D eigenvalue weighted by atomic mass is 35.5. The van der Waals surface area contributed by atoms with Crippen LogP contribution in [0.25, 0.3) is 0 Å². The number of aromatic nitrogens is 1. The number of pyridine rings is 1. The Morgan fingerprint density at radius 3 is 2.68 bits per heavy atom. The maximum absolute atomic E-state index is 13.2. The molecule has 1 aromatic heterocycles. The molecule has 0 fully saturated rings. The van der Waals surface area contributed by atoms with Gasteiger partial charge in [-0.15, -0.1) is 0 Å². The fourth-order valence-corrected chi connectivity index (χ4v) is 2.49. The number of amides is 1. The van der Waals surface area contributed by atoms with Crippen LogP contribution < -0.4 is 10.6 Å². The number of hydrogen-bond acceptors (Lipinski definition) is 3. The number of carbonyl (C=O) groups excluding carboxylic acids is 1. The van der Waals surface area contributed by atoms with Crippen LogP contribution in [0.15, 0.2) is 67.0 Å². The van der Waals surface area contributed by atoms with Gasteiger partial charge in [-0.25, -0.2) is 4.39 Å². The zero-order valence-corrected chi connectivity index (χ0v) is 13.9. The molecular weight excluding hydrogens is 341 g/mol. The molecule has 25 heavy (non-hydrogen) atoms. The summed E-state index contributed by atoms with van der Waals surface area (Å²) in [6.45, 7) is 0.320. The first-order chi connectivity index (χ1) is 12.1. The van der Waals surface area contributed by atoms with E-state index >= 15 is 0 Å². The third-order valence-electron chi connectivity index (χ3n) is 3.51. The second kappa shape index (κ2) is 7.77. The number of carbonyl (C=O) groups is 1. The molecule has 0 saturated carbocycles. The summed E-state index contributed by atoms with van der Waals surface area (Å²) in [6.07, 6.45) is 3.04. The van der Waals surface area contributed by atoms with Gasteiger partial charge in [0, 0.05) is 23.5 Å². The molecule has 0 unspecified atom stereocenters. The zero-order chi connectivity index (χ0) is 17.6. The maximum atomic E-state index is 13.2. The molecule has 126 valence electrons. The Labute approximate surface area is 149 Å². The molecule has 3 aromatic rings. The zero-order valence-electron chi connectivity index (χ0n) is 13.2. The van der Waals surface area contributed by atoms with Crippen molar-refractivity contribution < 1.29 is 9.18 Å². The molecule has 0 aliphatic rings. The van der Waals surface area contributed by atoms with Crippen LogP contribution in [-0.2, 0) is 6.54 Å². The van der Waals surface area contributed by atoms with E-state index in [0.29, 0.717) is 28.5 Å². The summed E-state index contributed by atoms with van der Waals surface area (Å²) >= 11 is 6.08. The summed E-state index contributed by atoms with van der Waals surface area (Å²) in [5.41, 5.74) is 2.40. The monoisotopic (exact) mass is 355 g/mol. The fourth-order valence-electron chi connectivity index (χ4n) is 2.28. The molecule has 4 nitrogen and oxygen atoms in total. The van der Waals surface area contributed by atoms with Gasteiger partial charge in [0.2, 0.25) is 0 Å². The lowest BCUT2D eigenvalue weighted by atomic mass is 10.2. The van der Waals surface area contributed by atoms with Crippen molar-refractivity contribution in [3.05, 3.63) is 89.0 Å². The Bertz CT molecular complexity index is 901. The predicted molar refractivity (Wildman–Crippen MR) is 96.5 cm³/mol. The molecule has 6 heteroatoms. The lowest BCUT2D eigenvalue weighted by molar-refractivity contribution is 0.0950. The first kappa shape index (κ1) is 16.9. The minimum Gasteiger partial charge on any atom is -0.354 e. The number of nitrogens with one attached hydrogen (secondary N) is 2. The van der Waals surface area contributed by atoms with Crippen LogP contribution in [0.1, 0.15) is 15.9 Å². The normalized spacial score (nSPS) is 10.3. The van der Waals surface area contributed by atoms with Crippen molar-refractivity contribution in [2.75, 3.05) is 5.32 Å². The van der Waals surface area contributed by atoms with Crippen LogP contribution in [0.2, 0.25) is 5.02 Å². The third kappa shape index (κ3) is 4.55. The summed E-state index contributed by atoms with van der Waals surface area (Å²) in [5.74, 6) is -0.609. The number of hydrogen-bond donors (Lipinski definition) is 2. The summed E-state index contributed by atoms with van der Waals surface area (Å²) < 4.78 is 13.2. The average molecular weight is 356 g/mol. The summed E-state index contributed by atoms with van der Waals surface area (Å²) in [7, 11) is 0. The van der Waals surface area contributed by atoms with E-state index in [0.717, 1.165) is 5.56 Å². The Morgan fingerprint density at radius 1 is 1.04 bits per heavy atom. The van der Waals surface area contributed by atoms with Crippen LogP contribution >= 0.6 is 11.6 Å². The van der Waals surface area contributed by atoms with E-state index in [1.165, 1.54) is 18.3 Å². The lowest BCUT2D eigenvalue weighted by Crippen LogP contribution is -2.23. The van der Waals surface area contributed by atoms with Gasteiger partial charge in [0.05, 0.1) is 17.4 Å². The first-order valence-electron chi connectivity index (χ1n) is 7.61. The van der Waals surface area contributed by atoms with Gasteiger partial charge in [-0.3, -0.25) is 9.78 Å². The van der Waals surface area contributed by atoms with Crippen molar-refractivity contribution in [3.8, 4) is 0 Å². The van der Waals surface area contributed by atoms with Crippen molar-refractivity contribution in [2.45, 2.75) is 6.54 Å². The van der Waals surface area contributed by atoms with Gasteiger partial charge in [-0.1, -0.05) is 35.9 Å². The Hall–Kier alpha value is -2.92. The number of benzene rings is 2. The molecule has 2 N–H and O–H groups in total. The van der Waals surface area contributed by atoms with Crippen molar-refractivity contribution in [3.63, 3.8) is 0 Å². The van der Waals surface area contributed by atoms with Gasteiger partial charge in [0.25, 0.3) is 5.91 Å². The molecule has 1 heterocycles. The maximum Gasteiger partial charge on any atom is 0.253 e. The van der Waals surface area contributed by atoms with Gasteiger partial charge in [-0.2, -0.15) is 0 Å². The van der Waals surface area contributed by atoms with Gasteiger partial charge in [-0.05, 0) is 35.9 Å². The summed E-state index contributed by atoms with van der Waals surface area (Å²) in [4.78, 5) is 16.4. The molecule has 0 bridgehead atoms. The van der Waals surface area contributed by atoms with Gasteiger partial charge >= 0.3 is 0 Å². The topological polar surface area (TPSA) is 54.0 Å². The Kier molecular flexibility index (Phi) is 5.26. The van der Waals surface area contributed by atoms with E-state index in [2.05, 4.69) is 15.6 Å². The van der Waals surface area contributed by atoms with Gasteiger partial charge in [0.1, 0.15) is 5.82 Å². The minimum atomic E-state index is -0.341. The van der Waals surface area contributed by atoms with Crippen molar-refractivity contribution in [2.24, 2.45) is 0 Å². The Morgan fingerprint density at radius 2 is 1.88 bits per heavy atom. The molecule has 0 aliphatic carbocycles. The SMILES string of the molecule is O=C(NCc1ccccc1Cl)c1cncc(Nc2cccc(F)c2)c1. The summed E-state index contributed by atoms with van der Waals surface area (Å²) in [6, 6.07) is 15.0. The van der Waals surface area contributed by atoms with E-state index in [4.69, 9.17) is 11.6 Å². The van der Waals surface area contributed by atoms with E-state index in [9.17, 15) is 9.18 Å². The lowest BCUT2D eigenvalue weighted by Gasteiger charge is -2.09. The van der Waals surface area contributed by atoms with Gasteiger partial charge in [0.15, 0.2) is 0 Å². The highest BCUT2D eigenvalue weighted by Gasteiger charge is 2.08. The Balaban J connectivity index is 1.68. The standard InChI is InChI=1S/C19H15ClFN3O/c20-18-7-2-1-4-13(18)11-23-19(25)14-8-17(12-22-10-14)24-16-6-3-5-15(21)9-16/h1-10,12,24H,11H2,(H,23,25). The molecule has 2 aromatic carbocycles. The van der Waals surface area contributed by atoms with E-state index in [1.54, 1.807) is 30.5 Å². The fraction of sp³-hybridized carbons (Fsp3) is 0.0526. The largest absolute Gasteiger partial charge is 0.354 e.